The highest BCUT2D eigenvalue weighted by atomic mass is 16.5. The van der Waals surface area contributed by atoms with Crippen LogP contribution in [-0.2, 0) is 0 Å². The van der Waals surface area contributed by atoms with Crippen LogP contribution in [0, 0.1) is 20.8 Å². The average molecular weight is 362 g/mol. The van der Waals surface area contributed by atoms with Crippen molar-refractivity contribution in [2.75, 3.05) is 17.7 Å². The number of aromatic nitrogens is 2. The Bertz CT molecular complexity index is 965. The number of anilines is 3. The van der Waals surface area contributed by atoms with Crippen molar-refractivity contribution in [2.24, 2.45) is 0 Å². The molecule has 0 saturated carbocycles. The molecule has 138 valence electrons. The van der Waals surface area contributed by atoms with Crippen molar-refractivity contribution >= 4 is 23.1 Å². The minimum Gasteiger partial charge on any atom is -0.497 e. The molecule has 0 unspecified atom stereocenters. The van der Waals surface area contributed by atoms with Crippen LogP contribution < -0.4 is 15.4 Å². The Balaban J connectivity index is 1.85. The van der Waals surface area contributed by atoms with Gasteiger partial charge in [-0.1, -0.05) is 24.3 Å². The Morgan fingerprint density at radius 2 is 1.67 bits per heavy atom. The average Bonchev–Trinajstić information content (AvgIpc) is 2.64. The van der Waals surface area contributed by atoms with Gasteiger partial charge in [-0.3, -0.25) is 4.79 Å². The third-order valence-corrected chi connectivity index (χ3v) is 4.13. The van der Waals surface area contributed by atoms with Crippen LogP contribution in [-0.4, -0.2) is 23.0 Å². The van der Waals surface area contributed by atoms with Crippen LogP contribution in [0.15, 0.2) is 48.5 Å². The highest BCUT2D eigenvalue weighted by Crippen LogP contribution is 2.22. The maximum absolute atomic E-state index is 12.7. The number of nitrogens with zero attached hydrogens (tertiary/aromatic N) is 2. The molecule has 0 aliphatic heterocycles. The summed E-state index contributed by atoms with van der Waals surface area (Å²) in [6.45, 7) is 5.68. The monoisotopic (exact) mass is 362 g/mol. The molecule has 1 aromatic heterocycles. The number of ether oxygens (including phenoxy) is 1. The molecular weight excluding hydrogens is 340 g/mol. The second-order valence-electron chi connectivity index (χ2n) is 6.26. The normalized spacial score (nSPS) is 10.4. The number of rotatable bonds is 5. The quantitative estimate of drug-likeness (QED) is 0.703. The van der Waals surface area contributed by atoms with Gasteiger partial charge >= 0.3 is 0 Å². The fraction of sp³-hybridized carbons (Fsp3) is 0.190. The molecule has 2 aromatic carbocycles. The van der Waals surface area contributed by atoms with Gasteiger partial charge in [-0.05, 0) is 44.0 Å². The summed E-state index contributed by atoms with van der Waals surface area (Å²) in [7, 11) is 1.62. The second kappa shape index (κ2) is 7.86. The number of benzene rings is 2. The largest absolute Gasteiger partial charge is 0.497 e. The van der Waals surface area contributed by atoms with Gasteiger partial charge in [0.1, 0.15) is 23.1 Å². The predicted molar refractivity (Wildman–Crippen MR) is 107 cm³/mol. The first-order chi connectivity index (χ1) is 13.0. The van der Waals surface area contributed by atoms with E-state index >= 15 is 0 Å². The number of hydrogen-bond donors (Lipinski definition) is 2. The van der Waals surface area contributed by atoms with E-state index < -0.39 is 0 Å². The number of methoxy groups -OCH3 is 1. The van der Waals surface area contributed by atoms with Crippen molar-refractivity contribution in [1.82, 2.24) is 9.97 Å². The number of carbonyl (C=O) groups excluding carboxylic acids is 1. The highest BCUT2D eigenvalue weighted by molar-refractivity contribution is 6.04. The van der Waals surface area contributed by atoms with Gasteiger partial charge < -0.3 is 15.4 Å². The number of hydrogen-bond acceptors (Lipinski definition) is 5. The fourth-order valence-electron chi connectivity index (χ4n) is 2.79. The van der Waals surface area contributed by atoms with Gasteiger partial charge in [0.25, 0.3) is 5.91 Å². The van der Waals surface area contributed by atoms with Crippen LogP contribution in [0.1, 0.15) is 27.4 Å². The summed E-state index contributed by atoms with van der Waals surface area (Å²) in [6.07, 6.45) is 0. The van der Waals surface area contributed by atoms with E-state index in [0.717, 1.165) is 28.3 Å². The molecule has 1 amide bonds. The van der Waals surface area contributed by atoms with Crippen LogP contribution in [0.3, 0.4) is 0 Å². The summed E-state index contributed by atoms with van der Waals surface area (Å²) < 4.78 is 5.23. The van der Waals surface area contributed by atoms with Crippen molar-refractivity contribution in [1.29, 1.82) is 0 Å². The summed E-state index contributed by atoms with van der Waals surface area (Å²) in [5, 5.41) is 6.14. The van der Waals surface area contributed by atoms with Gasteiger partial charge in [0.05, 0.1) is 7.11 Å². The minimum absolute atomic E-state index is 0.272. The standard InChI is InChI=1S/C21H22N4O2/c1-13-7-5-8-14(2)20(13)25-21(26)18-12-19(23-15(3)22-18)24-16-9-6-10-17(11-16)27-4/h5-12H,1-4H3,(H,25,26)(H,22,23,24). The summed E-state index contributed by atoms with van der Waals surface area (Å²) in [6, 6.07) is 15.0. The number of para-hydroxylation sites is 1. The van der Waals surface area contributed by atoms with Gasteiger partial charge in [0, 0.05) is 23.5 Å². The number of amides is 1. The van der Waals surface area contributed by atoms with Crippen molar-refractivity contribution < 1.29 is 9.53 Å². The van der Waals surface area contributed by atoms with Gasteiger partial charge in [0.15, 0.2) is 0 Å². The smallest absolute Gasteiger partial charge is 0.274 e. The van der Waals surface area contributed by atoms with E-state index in [0.29, 0.717) is 17.3 Å². The maximum Gasteiger partial charge on any atom is 0.274 e. The molecule has 0 bridgehead atoms. The molecule has 27 heavy (non-hydrogen) atoms. The van der Waals surface area contributed by atoms with Gasteiger partial charge in [-0.2, -0.15) is 0 Å². The van der Waals surface area contributed by atoms with E-state index in [9.17, 15) is 4.79 Å². The maximum atomic E-state index is 12.7. The van der Waals surface area contributed by atoms with Crippen molar-refractivity contribution in [3.63, 3.8) is 0 Å². The van der Waals surface area contributed by atoms with Gasteiger partial charge in [-0.15, -0.1) is 0 Å². The first-order valence-electron chi connectivity index (χ1n) is 8.60. The molecule has 0 spiro atoms. The lowest BCUT2D eigenvalue weighted by molar-refractivity contribution is 0.102. The molecule has 0 radical (unpaired) electrons. The molecule has 3 rings (SSSR count). The number of carbonyl (C=O) groups is 1. The van der Waals surface area contributed by atoms with Crippen LogP contribution in [0.25, 0.3) is 0 Å². The summed E-state index contributed by atoms with van der Waals surface area (Å²) >= 11 is 0. The molecule has 6 heteroatoms. The van der Waals surface area contributed by atoms with Crippen LogP contribution >= 0.6 is 0 Å². The van der Waals surface area contributed by atoms with Crippen LogP contribution in [0.2, 0.25) is 0 Å². The molecule has 6 nitrogen and oxygen atoms in total. The number of aryl methyl sites for hydroxylation is 3. The van der Waals surface area contributed by atoms with E-state index in [1.807, 2.05) is 56.3 Å². The summed E-state index contributed by atoms with van der Waals surface area (Å²) in [5.74, 6) is 1.52. The van der Waals surface area contributed by atoms with Gasteiger partial charge in [0.2, 0.25) is 0 Å². The Hall–Kier alpha value is -3.41. The Kier molecular flexibility index (Phi) is 5.35. The zero-order valence-electron chi connectivity index (χ0n) is 15.8. The molecule has 0 aliphatic rings. The molecule has 2 N–H and O–H groups in total. The Labute approximate surface area is 158 Å². The zero-order chi connectivity index (χ0) is 19.4. The number of nitrogens with one attached hydrogen (secondary N) is 2. The van der Waals surface area contributed by atoms with Crippen molar-refractivity contribution in [2.45, 2.75) is 20.8 Å². The SMILES string of the molecule is COc1cccc(Nc2cc(C(=O)Nc3c(C)cccc3C)nc(C)n2)c1. The fourth-order valence-corrected chi connectivity index (χ4v) is 2.79. The van der Waals surface area contributed by atoms with Gasteiger partial charge in [-0.25, -0.2) is 9.97 Å². The first kappa shape index (κ1) is 18.4. The lowest BCUT2D eigenvalue weighted by Crippen LogP contribution is -2.16. The van der Waals surface area contributed by atoms with E-state index in [2.05, 4.69) is 20.6 Å². The molecule has 0 saturated heterocycles. The van der Waals surface area contributed by atoms with Crippen LogP contribution in [0.4, 0.5) is 17.2 Å². The first-order valence-corrected chi connectivity index (χ1v) is 8.60. The lowest BCUT2D eigenvalue weighted by Gasteiger charge is -2.12. The molecule has 1 heterocycles. The minimum atomic E-state index is -0.272. The van der Waals surface area contributed by atoms with E-state index in [1.54, 1.807) is 20.1 Å². The molecule has 3 aromatic rings. The molecular formula is C21H22N4O2. The lowest BCUT2D eigenvalue weighted by atomic mass is 10.1. The molecule has 0 aliphatic carbocycles. The molecule has 0 fully saturated rings. The summed E-state index contributed by atoms with van der Waals surface area (Å²) in [4.78, 5) is 21.4. The third kappa shape index (κ3) is 4.41. The highest BCUT2D eigenvalue weighted by Gasteiger charge is 2.13. The van der Waals surface area contributed by atoms with Crippen LogP contribution in [0.5, 0.6) is 5.75 Å². The summed E-state index contributed by atoms with van der Waals surface area (Å²) in [5.41, 5.74) is 3.93. The van der Waals surface area contributed by atoms with Crippen molar-refractivity contribution in [3.05, 3.63) is 71.2 Å². The zero-order valence-corrected chi connectivity index (χ0v) is 15.8. The van der Waals surface area contributed by atoms with E-state index in [4.69, 9.17) is 4.74 Å². The van der Waals surface area contributed by atoms with Crippen molar-refractivity contribution in [3.8, 4) is 5.75 Å². The Morgan fingerprint density at radius 1 is 0.963 bits per heavy atom. The second-order valence-corrected chi connectivity index (χ2v) is 6.26. The van der Waals surface area contributed by atoms with E-state index in [-0.39, 0.29) is 5.91 Å². The predicted octanol–water partition coefficient (Wildman–Crippen LogP) is 4.41. The Morgan fingerprint density at radius 3 is 2.37 bits per heavy atom. The van der Waals surface area contributed by atoms with E-state index in [1.165, 1.54) is 0 Å². The molecule has 0 atom stereocenters. The third-order valence-electron chi connectivity index (χ3n) is 4.13. The topological polar surface area (TPSA) is 76.1 Å².